The van der Waals surface area contributed by atoms with E-state index in [-0.39, 0.29) is 15.5 Å². The Morgan fingerprint density at radius 3 is 2.51 bits per heavy atom. The molecule has 0 aliphatic carbocycles. The molecule has 0 amide bonds. The largest absolute Gasteiger partial charge is 0.372 e. The van der Waals surface area contributed by atoms with Crippen LogP contribution in [0.1, 0.15) is 16.7 Å². The first-order chi connectivity index (χ1) is 17.7. The van der Waals surface area contributed by atoms with E-state index in [1.54, 1.807) is 24.3 Å². The minimum Gasteiger partial charge on any atom is -0.372 e. The maximum absolute atomic E-state index is 13.0. The lowest BCUT2D eigenvalue weighted by atomic mass is 10.1. The molecule has 188 valence electrons. The summed E-state index contributed by atoms with van der Waals surface area (Å²) < 4.78 is 31.1. The molecule has 0 atom stereocenters. The Balaban J connectivity index is 1.52. The van der Waals surface area contributed by atoms with Gasteiger partial charge >= 0.3 is 15.8 Å². The number of hydrogen-bond acceptors (Lipinski definition) is 8. The topological polar surface area (TPSA) is 136 Å². The van der Waals surface area contributed by atoms with Crippen molar-refractivity contribution in [3.8, 4) is 5.75 Å². The van der Waals surface area contributed by atoms with Crippen molar-refractivity contribution < 1.29 is 17.5 Å². The van der Waals surface area contributed by atoms with Crippen LogP contribution in [0.3, 0.4) is 0 Å². The molecule has 4 rings (SSSR count). The number of benzene rings is 3. The number of aromatic nitrogens is 1. The number of nitrogens with zero attached hydrogens (tertiary/aromatic N) is 3. The zero-order valence-corrected chi connectivity index (χ0v) is 21.3. The van der Waals surface area contributed by atoms with Gasteiger partial charge in [-0.25, -0.2) is 0 Å². The van der Waals surface area contributed by atoms with Gasteiger partial charge in [-0.1, -0.05) is 36.4 Å². The molecule has 37 heavy (non-hydrogen) atoms. The van der Waals surface area contributed by atoms with Gasteiger partial charge in [-0.15, -0.1) is 0 Å². The van der Waals surface area contributed by atoms with E-state index in [9.17, 15) is 18.5 Å². The van der Waals surface area contributed by atoms with E-state index >= 15 is 0 Å². The van der Waals surface area contributed by atoms with E-state index in [2.05, 4.69) is 20.8 Å². The first-order valence-electron chi connectivity index (χ1n) is 10.9. The lowest BCUT2D eigenvalue weighted by molar-refractivity contribution is -0.385. The van der Waals surface area contributed by atoms with Crippen LogP contribution in [0.25, 0.3) is 10.9 Å². The molecule has 4 aromatic rings. The van der Waals surface area contributed by atoms with Crippen LogP contribution in [-0.4, -0.2) is 29.7 Å². The molecule has 10 nitrogen and oxygen atoms in total. The van der Waals surface area contributed by atoms with Gasteiger partial charge in [0, 0.05) is 28.9 Å². The van der Waals surface area contributed by atoms with Crippen LogP contribution in [-0.2, 0) is 10.1 Å². The van der Waals surface area contributed by atoms with Crippen molar-refractivity contribution in [2.24, 2.45) is 5.10 Å². The predicted molar refractivity (Wildman–Crippen MR) is 146 cm³/mol. The van der Waals surface area contributed by atoms with E-state index < -0.39 is 26.5 Å². The second-order valence-corrected chi connectivity index (χ2v) is 9.87. The van der Waals surface area contributed by atoms with E-state index in [1.807, 2.05) is 32.0 Å². The third kappa shape index (κ3) is 5.88. The van der Waals surface area contributed by atoms with Crippen molar-refractivity contribution in [2.45, 2.75) is 18.7 Å². The summed E-state index contributed by atoms with van der Waals surface area (Å²) in [5.41, 5.74) is 5.51. The van der Waals surface area contributed by atoms with Crippen molar-refractivity contribution >= 4 is 55.9 Å². The fraction of sp³-hybridized carbons (Fsp3) is 0.0800. The second-order valence-electron chi connectivity index (χ2n) is 7.94. The third-order valence-corrected chi connectivity index (χ3v) is 6.80. The molecule has 1 heterocycles. The summed E-state index contributed by atoms with van der Waals surface area (Å²) in [5, 5.41) is 19.6. The zero-order chi connectivity index (χ0) is 26.6. The number of thiocarbonyl (C=S) groups is 1. The van der Waals surface area contributed by atoms with Gasteiger partial charge in [0.15, 0.2) is 5.11 Å². The number of fused-ring (bicyclic) bond motifs is 1. The Kier molecular flexibility index (Phi) is 7.41. The van der Waals surface area contributed by atoms with E-state index in [0.717, 1.165) is 22.9 Å². The minimum atomic E-state index is -4.41. The van der Waals surface area contributed by atoms with E-state index in [1.165, 1.54) is 30.6 Å². The summed E-state index contributed by atoms with van der Waals surface area (Å²) in [6.07, 6.45) is 2.77. The second kappa shape index (κ2) is 10.7. The summed E-state index contributed by atoms with van der Waals surface area (Å²) in [5.74, 6) is -0.435. The maximum atomic E-state index is 13.0. The maximum Gasteiger partial charge on any atom is 0.341 e. The highest BCUT2D eigenvalue weighted by Gasteiger charge is 2.25. The number of nitro benzene ring substituents is 1. The number of para-hydroxylation sites is 2. The summed E-state index contributed by atoms with van der Waals surface area (Å²) in [6.45, 7) is 3.89. The normalized spacial score (nSPS) is 11.4. The van der Waals surface area contributed by atoms with E-state index in [0.29, 0.717) is 10.9 Å². The molecule has 0 unspecified atom stereocenters. The fourth-order valence-electron chi connectivity index (χ4n) is 3.59. The molecule has 0 saturated carbocycles. The van der Waals surface area contributed by atoms with Crippen LogP contribution >= 0.6 is 12.2 Å². The van der Waals surface area contributed by atoms with Gasteiger partial charge in [-0.05, 0) is 61.5 Å². The third-order valence-electron chi connectivity index (χ3n) is 5.34. The monoisotopic (exact) mass is 535 g/mol. The van der Waals surface area contributed by atoms with Crippen molar-refractivity contribution in [3.63, 3.8) is 0 Å². The minimum absolute atomic E-state index is 0.195. The van der Waals surface area contributed by atoms with Crippen LogP contribution < -0.4 is 14.9 Å². The SMILES string of the molecule is Cc1cccc(C)c1NC(=S)N/N=C/c1ccc(OS(=O)(=O)c2cccc3cccnc23)c([N+](=O)[O-])c1. The number of nitro groups is 1. The van der Waals surface area contributed by atoms with Gasteiger partial charge in [0.25, 0.3) is 0 Å². The van der Waals surface area contributed by atoms with Crippen LogP contribution in [0.2, 0.25) is 0 Å². The Morgan fingerprint density at radius 2 is 1.78 bits per heavy atom. The lowest BCUT2D eigenvalue weighted by Gasteiger charge is -2.12. The number of aryl methyl sites for hydroxylation is 2. The smallest absolute Gasteiger partial charge is 0.341 e. The quantitative estimate of drug-likeness (QED) is 0.112. The molecule has 0 radical (unpaired) electrons. The van der Waals surface area contributed by atoms with Gasteiger partial charge in [0.1, 0.15) is 4.90 Å². The number of hydrazone groups is 1. The van der Waals surface area contributed by atoms with Crippen LogP contribution in [0.4, 0.5) is 11.4 Å². The first kappa shape index (κ1) is 25.7. The average molecular weight is 536 g/mol. The summed E-state index contributed by atoms with van der Waals surface area (Å²) in [7, 11) is -4.41. The molecule has 1 aromatic heterocycles. The Hall–Kier alpha value is -4.42. The predicted octanol–water partition coefficient (Wildman–Crippen LogP) is 4.85. The van der Waals surface area contributed by atoms with Crippen molar-refractivity contribution in [3.05, 3.63) is 99.7 Å². The number of pyridine rings is 1. The number of hydrogen-bond donors (Lipinski definition) is 2. The lowest BCUT2D eigenvalue weighted by Crippen LogP contribution is -2.24. The molecular formula is C25H21N5O5S2. The Morgan fingerprint density at radius 1 is 1.08 bits per heavy atom. The highest BCUT2D eigenvalue weighted by atomic mass is 32.2. The molecule has 0 saturated heterocycles. The molecule has 0 spiro atoms. The van der Waals surface area contributed by atoms with Gasteiger partial charge < -0.3 is 9.50 Å². The van der Waals surface area contributed by atoms with Crippen molar-refractivity contribution in [1.82, 2.24) is 10.4 Å². The van der Waals surface area contributed by atoms with Crippen molar-refractivity contribution in [1.29, 1.82) is 0 Å². The van der Waals surface area contributed by atoms with Gasteiger partial charge in [0.05, 0.1) is 16.7 Å². The highest BCUT2D eigenvalue weighted by molar-refractivity contribution is 7.87. The Bertz CT molecular complexity index is 1630. The zero-order valence-electron chi connectivity index (χ0n) is 19.7. The molecule has 0 aliphatic rings. The van der Waals surface area contributed by atoms with Gasteiger partial charge in [-0.2, -0.15) is 13.5 Å². The summed E-state index contributed by atoms with van der Waals surface area (Å²) >= 11 is 5.26. The van der Waals surface area contributed by atoms with Gasteiger partial charge in [-0.3, -0.25) is 20.5 Å². The first-order valence-corrected chi connectivity index (χ1v) is 12.7. The number of rotatable bonds is 7. The van der Waals surface area contributed by atoms with E-state index in [4.69, 9.17) is 16.4 Å². The molecule has 2 N–H and O–H groups in total. The molecule has 12 heteroatoms. The molecule has 3 aromatic carbocycles. The molecule has 0 bridgehead atoms. The molecule has 0 aliphatic heterocycles. The standard InChI is InChI=1S/C25H21N5O5S2/c1-16-6-3-7-17(2)23(16)28-25(36)29-27-15-18-11-12-21(20(14-18)30(31)32)35-37(33,34)22-10-4-8-19-9-5-13-26-24(19)22/h3-15H,1-2H3,(H2,28,29,36)/b27-15+. The Labute approximate surface area is 218 Å². The molecular weight excluding hydrogens is 514 g/mol. The van der Waals surface area contributed by atoms with Crippen LogP contribution in [0, 0.1) is 24.0 Å². The summed E-state index contributed by atoms with van der Waals surface area (Å²) in [4.78, 5) is 14.9. The van der Waals surface area contributed by atoms with Crippen molar-refractivity contribution in [2.75, 3.05) is 5.32 Å². The fourth-order valence-corrected chi connectivity index (χ4v) is 4.86. The van der Waals surface area contributed by atoms with Crippen LogP contribution in [0.15, 0.2) is 82.9 Å². The van der Waals surface area contributed by atoms with Crippen LogP contribution in [0.5, 0.6) is 5.75 Å². The number of anilines is 1. The highest BCUT2D eigenvalue weighted by Crippen LogP contribution is 2.31. The van der Waals surface area contributed by atoms with Gasteiger partial charge in [0.2, 0.25) is 5.75 Å². The average Bonchev–Trinajstić information content (AvgIpc) is 2.86. The summed E-state index contributed by atoms with van der Waals surface area (Å²) in [6, 6.07) is 17.6. The molecule has 0 fully saturated rings. The number of nitrogens with one attached hydrogen (secondary N) is 2.